The van der Waals surface area contributed by atoms with Crippen LogP contribution in [0.3, 0.4) is 0 Å². The molecular weight excluding hydrogens is 584 g/mol. The van der Waals surface area contributed by atoms with Gasteiger partial charge in [-0.1, -0.05) is 0 Å². The number of aromatic nitrogens is 3. The highest BCUT2D eigenvalue weighted by Crippen LogP contribution is 2.39. The fourth-order valence-electron chi connectivity index (χ4n) is 5.38. The standard InChI is InChI=1S/C32H42N4O7S/c1-32(2)16-25-24(19-43-32)23(18-35(3)9-10-41-13-14-42-12-11-38-4)27-28-29(44-30(27)34-25)31(37)36(20-33-28)17-21-7-8-22(39-5)15-26(21)40-6/h7-8,15,20H,9-14,16-19H2,1-6H3. The molecule has 0 radical (unpaired) electrons. The van der Waals surface area contributed by atoms with Crippen molar-refractivity contribution in [3.05, 3.63) is 57.3 Å². The van der Waals surface area contributed by atoms with Crippen molar-refractivity contribution in [1.82, 2.24) is 19.4 Å². The van der Waals surface area contributed by atoms with E-state index in [0.717, 1.165) is 39.1 Å². The maximum Gasteiger partial charge on any atom is 0.271 e. The number of benzene rings is 1. The van der Waals surface area contributed by atoms with Crippen LogP contribution >= 0.6 is 11.3 Å². The van der Waals surface area contributed by atoms with Gasteiger partial charge in [0, 0.05) is 49.2 Å². The lowest BCUT2D eigenvalue weighted by Gasteiger charge is -2.33. The Hall–Kier alpha value is -3.13. The molecule has 11 nitrogen and oxygen atoms in total. The fraction of sp³-hybridized carbons (Fsp3) is 0.531. The Kier molecular flexibility index (Phi) is 10.5. The van der Waals surface area contributed by atoms with Crippen molar-refractivity contribution in [2.24, 2.45) is 0 Å². The summed E-state index contributed by atoms with van der Waals surface area (Å²) in [5, 5.41) is 0.928. The minimum Gasteiger partial charge on any atom is -0.497 e. The number of likely N-dealkylation sites (N-methyl/N-ethyl adjacent to an activating group) is 1. The van der Waals surface area contributed by atoms with Crippen LogP contribution in [-0.2, 0) is 45.1 Å². The van der Waals surface area contributed by atoms with Crippen LogP contribution in [0.25, 0.3) is 20.4 Å². The second-order valence-electron chi connectivity index (χ2n) is 11.5. The molecule has 0 unspecified atom stereocenters. The highest BCUT2D eigenvalue weighted by Gasteiger charge is 2.31. The zero-order valence-electron chi connectivity index (χ0n) is 26.4. The smallest absolute Gasteiger partial charge is 0.271 e. The molecule has 12 heteroatoms. The molecule has 0 saturated heterocycles. The molecule has 0 amide bonds. The van der Waals surface area contributed by atoms with Crippen molar-refractivity contribution in [2.45, 2.75) is 45.6 Å². The number of nitrogens with zero attached hydrogens (tertiary/aromatic N) is 4. The molecule has 0 fully saturated rings. The maximum atomic E-state index is 13.8. The lowest BCUT2D eigenvalue weighted by atomic mass is 9.92. The molecule has 4 aromatic rings. The Morgan fingerprint density at radius 2 is 1.84 bits per heavy atom. The molecule has 0 aliphatic carbocycles. The predicted molar refractivity (Wildman–Crippen MR) is 170 cm³/mol. The van der Waals surface area contributed by atoms with Gasteiger partial charge in [-0.05, 0) is 38.6 Å². The van der Waals surface area contributed by atoms with Crippen LogP contribution in [-0.4, -0.2) is 93.0 Å². The van der Waals surface area contributed by atoms with Crippen molar-refractivity contribution in [3.63, 3.8) is 0 Å². The summed E-state index contributed by atoms with van der Waals surface area (Å²) in [7, 11) is 6.95. The van der Waals surface area contributed by atoms with Crippen molar-refractivity contribution >= 4 is 31.8 Å². The second-order valence-corrected chi connectivity index (χ2v) is 12.5. The van der Waals surface area contributed by atoms with Gasteiger partial charge in [0.15, 0.2) is 0 Å². The van der Waals surface area contributed by atoms with Gasteiger partial charge in [0.1, 0.15) is 21.0 Å². The summed E-state index contributed by atoms with van der Waals surface area (Å²) in [6.07, 6.45) is 2.32. The fourth-order valence-corrected chi connectivity index (χ4v) is 6.51. The van der Waals surface area contributed by atoms with E-state index in [1.165, 1.54) is 11.3 Å². The summed E-state index contributed by atoms with van der Waals surface area (Å²) in [6, 6.07) is 5.58. The molecule has 1 aliphatic rings. The zero-order chi connectivity index (χ0) is 31.3. The number of rotatable bonds is 15. The van der Waals surface area contributed by atoms with Gasteiger partial charge in [-0.2, -0.15) is 0 Å². The quantitative estimate of drug-likeness (QED) is 0.180. The van der Waals surface area contributed by atoms with E-state index in [2.05, 4.69) is 25.8 Å². The van der Waals surface area contributed by atoms with Crippen LogP contribution < -0.4 is 15.0 Å². The van der Waals surface area contributed by atoms with Gasteiger partial charge in [-0.25, -0.2) is 9.97 Å². The van der Waals surface area contributed by atoms with Crippen LogP contribution in [0, 0.1) is 0 Å². The molecule has 5 rings (SSSR count). The average molecular weight is 627 g/mol. The van der Waals surface area contributed by atoms with Crippen LogP contribution in [0.5, 0.6) is 11.5 Å². The summed E-state index contributed by atoms with van der Waals surface area (Å²) >= 11 is 1.41. The lowest BCUT2D eigenvalue weighted by molar-refractivity contribution is -0.0416. The van der Waals surface area contributed by atoms with Crippen LogP contribution in [0.15, 0.2) is 29.3 Å². The number of methoxy groups -OCH3 is 3. The van der Waals surface area contributed by atoms with E-state index in [9.17, 15) is 4.79 Å². The summed E-state index contributed by atoms with van der Waals surface area (Å²) < 4.78 is 35.6. The van der Waals surface area contributed by atoms with Gasteiger partial charge in [0.05, 0.1) is 83.5 Å². The molecule has 0 atom stereocenters. The van der Waals surface area contributed by atoms with E-state index in [-0.39, 0.29) is 11.2 Å². The number of ether oxygens (including phenoxy) is 6. The van der Waals surface area contributed by atoms with E-state index >= 15 is 0 Å². The van der Waals surface area contributed by atoms with Crippen molar-refractivity contribution in [2.75, 3.05) is 68.0 Å². The minimum atomic E-state index is -0.310. The largest absolute Gasteiger partial charge is 0.497 e. The SMILES string of the molecule is COCCOCCOCCN(C)Cc1c2c(nc3sc4c(=O)n(Cc5ccc(OC)cc5OC)cnc4c13)CC(C)(C)OC2. The van der Waals surface area contributed by atoms with Crippen molar-refractivity contribution in [3.8, 4) is 11.5 Å². The van der Waals surface area contributed by atoms with Crippen molar-refractivity contribution in [1.29, 1.82) is 0 Å². The molecule has 0 spiro atoms. The normalized spacial score (nSPS) is 14.4. The zero-order valence-corrected chi connectivity index (χ0v) is 27.3. The summed E-state index contributed by atoms with van der Waals surface area (Å²) in [4.78, 5) is 26.8. The first-order valence-corrected chi connectivity index (χ1v) is 15.6. The third-order valence-corrected chi connectivity index (χ3v) is 8.84. The molecule has 0 saturated carbocycles. The van der Waals surface area contributed by atoms with Gasteiger partial charge >= 0.3 is 0 Å². The van der Waals surface area contributed by atoms with Gasteiger partial charge in [-0.3, -0.25) is 14.3 Å². The number of fused-ring (bicyclic) bond motifs is 4. The molecule has 1 aliphatic heterocycles. The average Bonchev–Trinajstić information content (AvgIpc) is 3.38. The van der Waals surface area contributed by atoms with Crippen LogP contribution in [0.4, 0.5) is 0 Å². The Bertz CT molecular complexity index is 1650. The molecule has 1 aromatic carbocycles. The summed E-state index contributed by atoms with van der Waals surface area (Å²) in [6.45, 7) is 9.12. The second kappa shape index (κ2) is 14.3. The Labute approximate surface area is 261 Å². The number of thiophene rings is 1. The monoisotopic (exact) mass is 626 g/mol. The molecule has 0 N–H and O–H groups in total. The highest BCUT2D eigenvalue weighted by atomic mass is 32.1. The first-order valence-electron chi connectivity index (χ1n) is 14.7. The first kappa shape index (κ1) is 32.3. The molecule has 3 aromatic heterocycles. The Morgan fingerprint density at radius 1 is 1.07 bits per heavy atom. The lowest BCUT2D eigenvalue weighted by Crippen LogP contribution is -2.34. The summed E-state index contributed by atoms with van der Waals surface area (Å²) in [5.74, 6) is 1.34. The Balaban J connectivity index is 1.44. The minimum absolute atomic E-state index is 0.106. The molecule has 0 bridgehead atoms. The predicted octanol–water partition coefficient (Wildman–Crippen LogP) is 4.03. The van der Waals surface area contributed by atoms with Crippen LogP contribution in [0.2, 0.25) is 0 Å². The molecular formula is C32H42N4O7S. The van der Waals surface area contributed by atoms with E-state index in [1.807, 2.05) is 18.2 Å². The van der Waals surface area contributed by atoms with E-state index in [1.54, 1.807) is 32.2 Å². The molecule has 44 heavy (non-hydrogen) atoms. The molecule has 4 heterocycles. The van der Waals surface area contributed by atoms with Gasteiger partial charge in [-0.15, -0.1) is 11.3 Å². The summed E-state index contributed by atoms with van der Waals surface area (Å²) in [5.41, 5.74) is 4.35. The van der Waals surface area contributed by atoms with Gasteiger partial charge < -0.3 is 28.4 Å². The third kappa shape index (κ3) is 7.22. The van der Waals surface area contributed by atoms with E-state index < -0.39 is 0 Å². The van der Waals surface area contributed by atoms with Gasteiger partial charge in [0.25, 0.3) is 5.56 Å². The highest BCUT2D eigenvalue weighted by molar-refractivity contribution is 7.25. The topological polar surface area (TPSA) is 106 Å². The number of hydrogen-bond acceptors (Lipinski definition) is 11. The van der Waals surface area contributed by atoms with E-state index in [4.69, 9.17) is 38.4 Å². The Morgan fingerprint density at radius 3 is 2.59 bits per heavy atom. The number of hydrogen-bond donors (Lipinski definition) is 0. The van der Waals surface area contributed by atoms with Crippen LogP contribution in [0.1, 0.15) is 36.2 Å². The third-order valence-electron chi connectivity index (χ3n) is 7.78. The number of pyridine rings is 1. The van der Waals surface area contributed by atoms with E-state index in [0.29, 0.717) is 80.9 Å². The maximum absolute atomic E-state index is 13.8. The molecule has 238 valence electrons. The first-order chi connectivity index (χ1) is 21.2. The van der Waals surface area contributed by atoms with Gasteiger partial charge in [0.2, 0.25) is 0 Å². The van der Waals surface area contributed by atoms with Crippen molar-refractivity contribution < 1.29 is 28.4 Å².